The quantitative estimate of drug-likeness (QED) is 0.842. The van der Waals surface area contributed by atoms with Crippen molar-refractivity contribution in [2.24, 2.45) is 5.92 Å². The van der Waals surface area contributed by atoms with E-state index in [1.165, 1.54) is 36.8 Å². The number of hydrogen-bond acceptors (Lipinski definition) is 1. The smallest absolute Gasteiger partial charge is 0.0441 e. The summed E-state index contributed by atoms with van der Waals surface area (Å²) in [4.78, 5) is 0. The van der Waals surface area contributed by atoms with Crippen molar-refractivity contribution >= 4 is 11.6 Å². The Morgan fingerprint density at radius 3 is 2.74 bits per heavy atom. The van der Waals surface area contributed by atoms with Gasteiger partial charge >= 0.3 is 0 Å². The summed E-state index contributed by atoms with van der Waals surface area (Å²) in [6.07, 6.45) is 6.28. The van der Waals surface area contributed by atoms with Crippen molar-refractivity contribution in [2.75, 3.05) is 6.54 Å². The van der Waals surface area contributed by atoms with Crippen molar-refractivity contribution in [3.8, 4) is 0 Å². The molecule has 2 heteroatoms. The van der Waals surface area contributed by atoms with Crippen molar-refractivity contribution in [3.05, 3.63) is 34.3 Å². The SMILES string of the molecule is Cc1ccc(CC2(C(C)C)CCCCCN2)c(Cl)c1. The van der Waals surface area contributed by atoms with Crippen molar-refractivity contribution in [2.45, 2.75) is 58.4 Å². The first-order valence-electron chi connectivity index (χ1n) is 7.53. The lowest BCUT2D eigenvalue weighted by Crippen LogP contribution is -2.51. The minimum atomic E-state index is 0.218. The van der Waals surface area contributed by atoms with Crippen molar-refractivity contribution < 1.29 is 0 Å². The van der Waals surface area contributed by atoms with E-state index in [0.29, 0.717) is 5.92 Å². The summed E-state index contributed by atoms with van der Waals surface area (Å²) < 4.78 is 0. The van der Waals surface area contributed by atoms with E-state index in [9.17, 15) is 0 Å². The van der Waals surface area contributed by atoms with Crippen LogP contribution in [0.4, 0.5) is 0 Å². The van der Waals surface area contributed by atoms with Crippen molar-refractivity contribution in [1.82, 2.24) is 5.32 Å². The Balaban J connectivity index is 2.24. The van der Waals surface area contributed by atoms with Gasteiger partial charge in [0.1, 0.15) is 0 Å². The molecule has 0 aliphatic carbocycles. The topological polar surface area (TPSA) is 12.0 Å². The van der Waals surface area contributed by atoms with Crippen LogP contribution in [0.15, 0.2) is 18.2 Å². The van der Waals surface area contributed by atoms with E-state index in [1.807, 2.05) is 0 Å². The lowest BCUT2D eigenvalue weighted by Gasteiger charge is -2.38. The van der Waals surface area contributed by atoms with Crippen LogP contribution < -0.4 is 5.32 Å². The van der Waals surface area contributed by atoms with E-state index in [4.69, 9.17) is 11.6 Å². The highest BCUT2D eigenvalue weighted by Gasteiger charge is 2.34. The molecule has 0 amide bonds. The maximum Gasteiger partial charge on any atom is 0.0441 e. The second-order valence-corrected chi connectivity index (χ2v) is 6.73. The molecule has 1 atom stereocenters. The zero-order valence-corrected chi connectivity index (χ0v) is 13.2. The van der Waals surface area contributed by atoms with Crippen LogP contribution in [0.2, 0.25) is 5.02 Å². The average molecular weight is 280 g/mol. The van der Waals surface area contributed by atoms with Gasteiger partial charge in [-0.3, -0.25) is 0 Å². The highest BCUT2D eigenvalue weighted by Crippen LogP contribution is 2.32. The van der Waals surface area contributed by atoms with Gasteiger partial charge in [0, 0.05) is 10.6 Å². The van der Waals surface area contributed by atoms with E-state index in [1.54, 1.807) is 0 Å². The molecule has 1 fully saturated rings. The fourth-order valence-electron chi connectivity index (χ4n) is 3.15. The Bertz CT molecular complexity index is 417. The Morgan fingerprint density at radius 2 is 2.05 bits per heavy atom. The number of nitrogens with one attached hydrogen (secondary N) is 1. The van der Waals surface area contributed by atoms with Gasteiger partial charge in [-0.15, -0.1) is 0 Å². The number of aryl methyl sites for hydroxylation is 1. The molecule has 1 aliphatic heterocycles. The summed E-state index contributed by atoms with van der Waals surface area (Å²) in [7, 11) is 0. The fraction of sp³-hybridized carbons (Fsp3) is 0.647. The Labute approximate surface area is 122 Å². The van der Waals surface area contributed by atoms with Crippen LogP contribution in [-0.4, -0.2) is 12.1 Å². The molecule has 19 heavy (non-hydrogen) atoms. The van der Waals surface area contributed by atoms with E-state index in [-0.39, 0.29) is 5.54 Å². The van der Waals surface area contributed by atoms with E-state index in [2.05, 4.69) is 44.3 Å². The molecule has 0 saturated carbocycles. The zero-order chi connectivity index (χ0) is 13.9. The van der Waals surface area contributed by atoms with Crippen LogP contribution in [-0.2, 0) is 6.42 Å². The lowest BCUT2D eigenvalue weighted by molar-refractivity contribution is 0.226. The van der Waals surface area contributed by atoms with Crippen LogP contribution in [0.25, 0.3) is 0 Å². The minimum Gasteiger partial charge on any atom is -0.311 e. The molecule has 0 aromatic heterocycles. The third kappa shape index (κ3) is 3.52. The number of halogens is 1. The third-order valence-electron chi connectivity index (χ3n) is 4.60. The summed E-state index contributed by atoms with van der Waals surface area (Å²) in [5, 5.41) is 4.75. The van der Waals surface area contributed by atoms with Gasteiger partial charge in [-0.2, -0.15) is 0 Å². The molecule has 0 radical (unpaired) electrons. The van der Waals surface area contributed by atoms with Gasteiger partial charge in [0.2, 0.25) is 0 Å². The van der Waals surface area contributed by atoms with Gasteiger partial charge in [0.05, 0.1) is 0 Å². The maximum absolute atomic E-state index is 6.43. The second-order valence-electron chi connectivity index (χ2n) is 6.32. The standard InChI is InChI=1S/C17H26ClN/c1-13(2)17(9-5-4-6-10-19-17)12-15-8-7-14(3)11-16(15)18/h7-8,11,13,19H,4-6,9-10,12H2,1-3H3. The zero-order valence-electron chi connectivity index (χ0n) is 12.4. The first kappa shape index (κ1) is 14.9. The summed E-state index contributed by atoms with van der Waals surface area (Å²) in [5.41, 5.74) is 2.74. The molecule has 1 aromatic carbocycles. The van der Waals surface area contributed by atoms with E-state index >= 15 is 0 Å². The predicted octanol–water partition coefficient (Wildman–Crippen LogP) is 4.75. The normalized spacial score (nSPS) is 24.5. The number of benzene rings is 1. The van der Waals surface area contributed by atoms with Gasteiger partial charge in [-0.25, -0.2) is 0 Å². The largest absolute Gasteiger partial charge is 0.311 e. The number of rotatable bonds is 3. The summed E-state index contributed by atoms with van der Waals surface area (Å²) in [6, 6.07) is 6.46. The van der Waals surface area contributed by atoms with Crippen LogP contribution in [0.5, 0.6) is 0 Å². The van der Waals surface area contributed by atoms with Crippen LogP contribution in [0.1, 0.15) is 50.7 Å². The van der Waals surface area contributed by atoms with Gasteiger partial charge < -0.3 is 5.32 Å². The molecule has 0 bridgehead atoms. The fourth-order valence-corrected chi connectivity index (χ4v) is 3.45. The first-order chi connectivity index (χ1) is 9.03. The Hall–Kier alpha value is -0.530. The van der Waals surface area contributed by atoms with Crippen LogP contribution >= 0.6 is 11.6 Å². The summed E-state index contributed by atoms with van der Waals surface area (Å²) in [5.74, 6) is 0.628. The Morgan fingerprint density at radius 1 is 1.26 bits per heavy atom. The third-order valence-corrected chi connectivity index (χ3v) is 4.95. The molecule has 1 aromatic rings. The van der Waals surface area contributed by atoms with Crippen molar-refractivity contribution in [3.63, 3.8) is 0 Å². The van der Waals surface area contributed by atoms with Crippen LogP contribution in [0.3, 0.4) is 0 Å². The molecule has 2 rings (SSSR count). The highest BCUT2D eigenvalue weighted by atomic mass is 35.5. The van der Waals surface area contributed by atoms with E-state index in [0.717, 1.165) is 18.0 Å². The molecule has 106 valence electrons. The molecule has 1 aliphatic rings. The predicted molar refractivity (Wildman–Crippen MR) is 83.9 cm³/mol. The Kier molecular flexibility index (Phi) is 4.92. The summed E-state index contributed by atoms with van der Waals surface area (Å²) >= 11 is 6.43. The monoisotopic (exact) mass is 279 g/mol. The minimum absolute atomic E-state index is 0.218. The maximum atomic E-state index is 6.43. The number of hydrogen-bond donors (Lipinski definition) is 1. The summed E-state index contributed by atoms with van der Waals surface area (Å²) in [6.45, 7) is 7.90. The van der Waals surface area contributed by atoms with Crippen molar-refractivity contribution in [1.29, 1.82) is 0 Å². The molecule has 1 unspecified atom stereocenters. The van der Waals surface area contributed by atoms with Gasteiger partial charge in [0.25, 0.3) is 0 Å². The molecular formula is C17H26ClN. The van der Waals surface area contributed by atoms with Crippen LogP contribution in [0, 0.1) is 12.8 Å². The van der Waals surface area contributed by atoms with Gasteiger partial charge in [-0.1, -0.05) is 50.4 Å². The van der Waals surface area contributed by atoms with Gasteiger partial charge in [-0.05, 0) is 55.8 Å². The highest BCUT2D eigenvalue weighted by molar-refractivity contribution is 6.31. The molecule has 0 spiro atoms. The second kappa shape index (κ2) is 6.28. The molecule has 1 nitrogen and oxygen atoms in total. The average Bonchev–Trinajstić information content (AvgIpc) is 2.59. The lowest BCUT2D eigenvalue weighted by atomic mass is 9.77. The molecule has 1 saturated heterocycles. The molecule has 1 N–H and O–H groups in total. The van der Waals surface area contributed by atoms with Gasteiger partial charge in [0.15, 0.2) is 0 Å². The van der Waals surface area contributed by atoms with E-state index < -0.39 is 0 Å². The molecule has 1 heterocycles. The molecular weight excluding hydrogens is 254 g/mol. The first-order valence-corrected chi connectivity index (χ1v) is 7.91.